The maximum Gasteiger partial charge on any atom is 0.0918 e. The van der Waals surface area contributed by atoms with E-state index in [1.54, 1.807) is 0 Å². The molecular weight excluding hydrogens is 919 g/mol. The molecule has 0 amide bonds. The highest BCUT2D eigenvalue weighted by atomic mass is 31.1. The van der Waals surface area contributed by atoms with Gasteiger partial charge in [-0.3, -0.25) is 0 Å². The van der Waals surface area contributed by atoms with Crippen molar-refractivity contribution >= 4 is 15.8 Å². The standard InChI is InChI=1S/C66H68O4P2/c1-9-25-51(26-10-1)43-59-63(67-47-55-33-17-5-18-34-55)64(68-48-56-35-19-6-20-36-56)60(44-52-27-11-2-12-28-52)71(59)41-42-72-61(45-53-29-13-3-14-30-53)65(69-49-57-37-21-7-22-38-57)66(70-50-58-39-23-8-24-40-58)62(72)46-54-31-15-4-16-32-54/h1-40,59-66H,41-50H2/t59-,60-,61-,62-,63+,64+,65+,66+/m0/s1. The Morgan fingerprint density at radius 1 is 0.222 bits per heavy atom. The van der Waals surface area contributed by atoms with Crippen molar-refractivity contribution < 1.29 is 18.9 Å². The van der Waals surface area contributed by atoms with Gasteiger partial charge in [0.05, 0.1) is 50.8 Å². The van der Waals surface area contributed by atoms with Gasteiger partial charge in [-0.15, -0.1) is 0 Å². The third kappa shape index (κ3) is 13.3. The molecule has 0 aromatic heterocycles. The Morgan fingerprint density at radius 2 is 0.389 bits per heavy atom. The summed E-state index contributed by atoms with van der Waals surface area (Å²) in [6, 6.07) is 87.7. The first-order chi connectivity index (χ1) is 35.7. The van der Waals surface area contributed by atoms with Gasteiger partial charge in [-0.1, -0.05) is 258 Å². The molecule has 10 rings (SSSR count). The van der Waals surface area contributed by atoms with E-state index in [0.717, 1.165) is 38.0 Å². The van der Waals surface area contributed by atoms with Crippen LogP contribution in [-0.4, -0.2) is 59.4 Å². The van der Waals surface area contributed by atoms with Crippen molar-refractivity contribution in [2.45, 2.75) is 99.2 Å². The Balaban J connectivity index is 1.06. The van der Waals surface area contributed by atoms with Crippen molar-refractivity contribution in [1.82, 2.24) is 0 Å². The van der Waals surface area contributed by atoms with Gasteiger partial charge < -0.3 is 18.9 Å². The van der Waals surface area contributed by atoms with Crippen LogP contribution in [0.5, 0.6) is 0 Å². The smallest absolute Gasteiger partial charge is 0.0918 e. The Morgan fingerprint density at radius 3 is 0.569 bits per heavy atom. The molecule has 6 heteroatoms. The highest BCUT2D eigenvalue weighted by Gasteiger charge is 2.54. The predicted molar refractivity (Wildman–Crippen MR) is 299 cm³/mol. The monoisotopic (exact) mass is 986 g/mol. The second-order valence-corrected chi connectivity index (χ2v) is 25.2. The van der Waals surface area contributed by atoms with Crippen LogP contribution >= 0.6 is 15.8 Å². The summed E-state index contributed by atoms with van der Waals surface area (Å²) in [5.41, 5.74) is 11.4. The van der Waals surface area contributed by atoms with Gasteiger partial charge in [0.25, 0.3) is 0 Å². The van der Waals surface area contributed by atoms with Crippen LogP contribution in [0.1, 0.15) is 44.5 Å². The minimum atomic E-state index is -0.664. The molecule has 366 valence electrons. The average molecular weight is 987 g/mol. The maximum atomic E-state index is 7.38. The van der Waals surface area contributed by atoms with Crippen LogP contribution in [0.4, 0.5) is 0 Å². The molecule has 8 atom stereocenters. The molecule has 2 aliphatic heterocycles. The van der Waals surface area contributed by atoms with E-state index >= 15 is 0 Å². The Hall–Kier alpha value is -5.54. The highest BCUT2D eigenvalue weighted by Crippen LogP contribution is 2.65. The summed E-state index contributed by atoms with van der Waals surface area (Å²) in [5, 5.41) is 0. The van der Waals surface area contributed by atoms with Crippen LogP contribution in [0.3, 0.4) is 0 Å². The SMILES string of the molecule is c1ccc(CO[C@H]2[C@H](OCc3ccccc3)[C@H](Cc3ccccc3)P(CCP3[C@@H](Cc4ccccc4)[C@@H](OCc4ccccc4)[C@H](OCc4ccccc4)[C@@H]3Cc3ccccc3)[C@H]2Cc2ccccc2)cc1. The van der Waals surface area contributed by atoms with E-state index in [1.807, 2.05) is 0 Å². The number of hydrogen-bond acceptors (Lipinski definition) is 4. The first-order valence-corrected chi connectivity index (χ1v) is 29.3. The minimum absolute atomic E-state index is 0.0885. The van der Waals surface area contributed by atoms with Gasteiger partial charge in [-0.2, -0.15) is 0 Å². The summed E-state index contributed by atoms with van der Waals surface area (Å²) >= 11 is 0. The summed E-state index contributed by atoms with van der Waals surface area (Å²) in [7, 11) is -1.33. The number of ether oxygens (including phenoxy) is 4. The van der Waals surface area contributed by atoms with Crippen LogP contribution in [0, 0.1) is 0 Å². The zero-order valence-electron chi connectivity index (χ0n) is 41.3. The first kappa shape index (κ1) is 50.0. The lowest BCUT2D eigenvalue weighted by Gasteiger charge is -2.32. The molecule has 2 aliphatic rings. The van der Waals surface area contributed by atoms with Gasteiger partial charge in [0.1, 0.15) is 0 Å². The van der Waals surface area contributed by atoms with Gasteiger partial charge in [-0.05, 0) is 82.5 Å². The molecular formula is C66H68O4P2. The minimum Gasteiger partial charge on any atom is -0.370 e. The third-order valence-electron chi connectivity index (χ3n) is 14.8. The van der Waals surface area contributed by atoms with Gasteiger partial charge in [-0.25, -0.2) is 0 Å². The van der Waals surface area contributed by atoms with Crippen molar-refractivity contribution in [3.63, 3.8) is 0 Å². The van der Waals surface area contributed by atoms with E-state index in [1.165, 1.54) is 44.5 Å². The molecule has 0 spiro atoms. The largest absolute Gasteiger partial charge is 0.370 e. The van der Waals surface area contributed by atoms with Gasteiger partial charge in [0, 0.05) is 22.6 Å². The molecule has 2 heterocycles. The Kier molecular flexibility index (Phi) is 18.0. The van der Waals surface area contributed by atoms with Crippen molar-refractivity contribution in [3.05, 3.63) is 287 Å². The number of benzene rings is 8. The Bertz CT molecular complexity index is 2370. The zero-order chi connectivity index (χ0) is 48.6. The van der Waals surface area contributed by atoms with Crippen LogP contribution in [0.2, 0.25) is 0 Å². The van der Waals surface area contributed by atoms with Crippen molar-refractivity contribution in [2.24, 2.45) is 0 Å². The predicted octanol–water partition coefficient (Wildman–Crippen LogP) is 14.8. The summed E-state index contributed by atoms with van der Waals surface area (Å²) in [6.45, 7) is 2.20. The fraction of sp³-hybridized carbons (Fsp3) is 0.273. The number of rotatable bonds is 23. The van der Waals surface area contributed by atoms with E-state index in [2.05, 4.69) is 243 Å². The molecule has 72 heavy (non-hydrogen) atoms. The van der Waals surface area contributed by atoms with Crippen molar-refractivity contribution in [1.29, 1.82) is 0 Å². The highest BCUT2D eigenvalue weighted by molar-refractivity contribution is 7.63. The fourth-order valence-corrected chi connectivity index (χ4v) is 19.7. The molecule has 2 fully saturated rings. The second-order valence-electron chi connectivity index (χ2n) is 19.5. The molecule has 2 saturated heterocycles. The second kappa shape index (κ2) is 25.9. The molecule has 0 aliphatic carbocycles. The molecule has 4 nitrogen and oxygen atoms in total. The zero-order valence-corrected chi connectivity index (χ0v) is 43.1. The van der Waals surface area contributed by atoms with Crippen molar-refractivity contribution in [2.75, 3.05) is 12.3 Å². The summed E-state index contributed by atoms with van der Waals surface area (Å²) in [5.74, 6) is 0. The third-order valence-corrected chi connectivity index (χ3v) is 21.9. The van der Waals surface area contributed by atoms with Gasteiger partial charge >= 0.3 is 0 Å². The van der Waals surface area contributed by atoms with Crippen LogP contribution in [0.15, 0.2) is 243 Å². The topological polar surface area (TPSA) is 36.9 Å². The summed E-state index contributed by atoms with van der Waals surface area (Å²) in [4.78, 5) is 0. The van der Waals surface area contributed by atoms with E-state index in [-0.39, 0.29) is 47.1 Å². The van der Waals surface area contributed by atoms with Crippen molar-refractivity contribution in [3.8, 4) is 0 Å². The van der Waals surface area contributed by atoms with Crippen LogP contribution in [-0.2, 0) is 71.1 Å². The molecule has 8 aromatic rings. The lowest BCUT2D eigenvalue weighted by molar-refractivity contribution is -0.0786. The summed E-state index contributed by atoms with van der Waals surface area (Å²) in [6.07, 6.45) is 5.70. The summed E-state index contributed by atoms with van der Waals surface area (Å²) < 4.78 is 29.5. The van der Waals surface area contributed by atoms with Crippen LogP contribution < -0.4 is 0 Å². The van der Waals surface area contributed by atoms with E-state index < -0.39 is 15.8 Å². The van der Waals surface area contributed by atoms with E-state index in [9.17, 15) is 0 Å². The molecule has 8 aromatic carbocycles. The van der Waals surface area contributed by atoms with E-state index in [4.69, 9.17) is 18.9 Å². The molecule has 0 N–H and O–H groups in total. The van der Waals surface area contributed by atoms with E-state index in [0.29, 0.717) is 26.4 Å². The van der Waals surface area contributed by atoms with Gasteiger partial charge in [0.2, 0.25) is 0 Å². The average Bonchev–Trinajstić information content (AvgIpc) is 3.86. The molecule has 0 bridgehead atoms. The molecule has 0 radical (unpaired) electrons. The number of hydrogen-bond donors (Lipinski definition) is 0. The first-order valence-electron chi connectivity index (χ1n) is 26.0. The Labute approximate surface area is 431 Å². The molecule has 0 unspecified atom stereocenters. The normalized spacial score (nSPS) is 23.8. The maximum absolute atomic E-state index is 7.38. The quantitative estimate of drug-likeness (QED) is 0.0599. The lowest BCUT2D eigenvalue weighted by Crippen LogP contribution is -2.38. The van der Waals surface area contributed by atoms with Crippen LogP contribution in [0.25, 0.3) is 0 Å². The van der Waals surface area contributed by atoms with Gasteiger partial charge in [0.15, 0.2) is 0 Å². The fourth-order valence-electron chi connectivity index (χ4n) is 11.3. The molecule has 0 saturated carbocycles. The lowest BCUT2D eigenvalue weighted by atomic mass is 9.98.